The van der Waals surface area contributed by atoms with E-state index in [9.17, 15) is 14.9 Å². The summed E-state index contributed by atoms with van der Waals surface area (Å²) in [5.74, 6) is -0.570. The molecule has 0 saturated carbocycles. The van der Waals surface area contributed by atoms with E-state index in [0.717, 1.165) is 5.06 Å². The van der Waals surface area contributed by atoms with E-state index >= 15 is 0 Å². The molecule has 0 aromatic heterocycles. The molecule has 1 heterocycles. The van der Waals surface area contributed by atoms with Crippen molar-refractivity contribution in [2.75, 3.05) is 13.2 Å². The zero-order valence-electron chi connectivity index (χ0n) is 8.76. The smallest absolute Gasteiger partial charge is 0.271 e. The molecule has 0 radical (unpaired) electrons. The number of rotatable bonds is 2. The van der Waals surface area contributed by atoms with Gasteiger partial charge < -0.3 is 0 Å². The lowest BCUT2D eigenvalue weighted by molar-refractivity contribution is -0.385. The number of carbonyl (C=O) groups excluding carboxylic acids is 1. The van der Waals surface area contributed by atoms with Gasteiger partial charge in [-0.15, -0.1) is 0 Å². The monoisotopic (exact) mass is 256 g/mol. The molecule has 1 fully saturated rings. The van der Waals surface area contributed by atoms with Crippen LogP contribution in [0.2, 0.25) is 5.02 Å². The molecule has 1 aliphatic heterocycles. The molecule has 0 aliphatic carbocycles. The fourth-order valence-corrected chi connectivity index (χ4v) is 1.86. The van der Waals surface area contributed by atoms with Gasteiger partial charge in [0.15, 0.2) is 0 Å². The van der Waals surface area contributed by atoms with Crippen LogP contribution in [0.15, 0.2) is 18.2 Å². The van der Waals surface area contributed by atoms with Gasteiger partial charge in [-0.1, -0.05) is 17.7 Å². The third kappa shape index (κ3) is 2.22. The van der Waals surface area contributed by atoms with Gasteiger partial charge in [-0.3, -0.25) is 19.7 Å². The van der Waals surface area contributed by atoms with Crippen LogP contribution in [0.5, 0.6) is 0 Å². The Balaban J connectivity index is 2.42. The second-order valence-corrected chi connectivity index (χ2v) is 3.89. The number of hydrogen-bond acceptors (Lipinski definition) is 4. The van der Waals surface area contributed by atoms with Gasteiger partial charge >= 0.3 is 0 Å². The van der Waals surface area contributed by atoms with Gasteiger partial charge in [-0.2, -0.15) is 0 Å². The predicted octanol–water partition coefficient (Wildman–Crippen LogP) is 2.03. The van der Waals surface area contributed by atoms with Crippen LogP contribution >= 0.6 is 11.6 Å². The van der Waals surface area contributed by atoms with Crippen LogP contribution in [0.3, 0.4) is 0 Å². The summed E-state index contributed by atoms with van der Waals surface area (Å²) in [7, 11) is 0. The van der Waals surface area contributed by atoms with Crippen LogP contribution < -0.4 is 0 Å². The highest BCUT2D eigenvalue weighted by molar-refractivity contribution is 6.34. The Bertz CT molecular complexity index is 471. The second-order valence-electron chi connectivity index (χ2n) is 3.49. The molecule has 0 spiro atoms. The molecule has 6 nitrogen and oxygen atoms in total. The van der Waals surface area contributed by atoms with Crippen molar-refractivity contribution in [3.8, 4) is 0 Å². The minimum absolute atomic E-state index is 0.0553. The van der Waals surface area contributed by atoms with Crippen molar-refractivity contribution in [3.63, 3.8) is 0 Å². The summed E-state index contributed by atoms with van der Waals surface area (Å²) in [6.07, 6.45) is 0.712. The van der Waals surface area contributed by atoms with Crippen molar-refractivity contribution in [3.05, 3.63) is 38.9 Å². The van der Waals surface area contributed by atoms with E-state index in [4.69, 9.17) is 16.4 Å². The standard InChI is InChI=1S/C10H9ClN2O4/c11-7-3-1-4-8(13(15)16)9(7)10(14)12-5-2-6-17-12/h1,3-4H,2,5-6H2. The summed E-state index contributed by atoms with van der Waals surface area (Å²) in [5.41, 5.74) is -0.431. The number of carbonyl (C=O) groups is 1. The maximum Gasteiger partial charge on any atom is 0.285 e. The van der Waals surface area contributed by atoms with Gasteiger partial charge in [0.25, 0.3) is 11.6 Å². The van der Waals surface area contributed by atoms with Crippen molar-refractivity contribution in [1.29, 1.82) is 0 Å². The first-order chi connectivity index (χ1) is 8.11. The van der Waals surface area contributed by atoms with E-state index in [0.29, 0.717) is 19.6 Å². The van der Waals surface area contributed by atoms with Gasteiger partial charge in [0.2, 0.25) is 0 Å². The zero-order chi connectivity index (χ0) is 12.4. The molecule has 1 aliphatic rings. The topological polar surface area (TPSA) is 72.7 Å². The molecule has 1 aromatic carbocycles. The van der Waals surface area contributed by atoms with Crippen molar-refractivity contribution < 1.29 is 14.6 Å². The van der Waals surface area contributed by atoms with Crippen LogP contribution in [0.1, 0.15) is 16.8 Å². The Hall–Kier alpha value is -1.66. The SMILES string of the molecule is O=C(c1c(Cl)cccc1[N+](=O)[O-])N1CCCO1. The van der Waals surface area contributed by atoms with Crippen LogP contribution in [0.4, 0.5) is 5.69 Å². The van der Waals surface area contributed by atoms with Crippen molar-refractivity contribution in [2.45, 2.75) is 6.42 Å². The van der Waals surface area contributed by atoms with Gasteiger partial charge in [-0.05, 0) is 12.5 Å². The number of amides is 1. The summed E-state index contributed by atoms with van der Waals surface area (Å²) < 4.78 is 0. The van der Waals surface area contributed by atoms with E-state index in [1.165, 1.54) is 18.2 Å². The molecule has 0 atom stereocenters. The first-order valence-corrected chi connectivity index (χ1v) is 5.36. The molecule has 1 amide bonds. The van der Waals surface area contributed by atoms with Crippen LogP contribution in [0, 0.1) is 10.1 Å². The summed E-state index contributed by atoms with van der Waals surface area (Å²) in [4.78, 5) is 27.3. The van der Waals surface area contributed by atoms with Crippen LogP contribution in [0.25, 0.3) is 0 Å². The lowest BCUT2D eigenvalue weighted by atomic mass is 10.1. The highest BCUT2D eigenvalue weighted by Crippen LogP contribution is 2.28. The van der Waals surface area contributed by atoms with Gasteiger partial charge in [0.05, 0.1) is 23.1 Å². The molecule has 0 bridgehead atoms. The van der Waals surface area contributed by atoms with Gasteiger partial charge in [-0.25, -0.2) is 5.06 Å². The number of nitro benzene ring substituents is 1. The summed E-state index contributed by atoms with van der Waals surface area (Å²) in [6.45, 7) is 0.852. The summed E-state index contributed by atoms with van der Waals surface area (Å²) in [6, 6.07) is 4.12. The highest BCUT2D eigenvalue weighted by atomic mass is 35.5. The van der Waals surface area contributed by atoms with E-state index in [1.807, 2.05) is 0 Å². The van der Waals surface area contributed by atoms with E-state index in [1.54, 1.807) is 0 Å². The molecule has 2 rings (SSSR count). The first-order valence-electron chi connectivity index (χ1n) is 4.99. The fraction of sp³-hybridized carbons (Fsp3) is 0.300. The average Bonchev–Trinajstić information content (AvgIpc) is 2.81. The third-order valence-corrected chi connectivity index (χ3v) is 2.70. The number of halogens is 1. The largest absolute Gasteiger partial charge is 0.285 e. The Labute approximate surface area is 102 Å². The quantitative estimate of drug-likeness (QED) is 0.599. The molecule has 1 aromatic rings. The Morgan fingerprint density at radius 3 is 2.88 bits per heavy atom. The van der Waals surface area contributed by atoms with E-state index in [2.05, 4.69) is 0 Å². The van der Waals surface area contributed by atoms with Gasteiger partial charge in [0.1, 0.15) is 5.56 Å². The maximum absolute atomic E-state index is 12.0. The third-order valence-electron chi connectivity index (χ3n) is 2.38. The average molecular weight is 257 g/mol. The molecule has 90 valence electrons. The minimum Gasteiger partial charge on any atom is -0.271 e. The number of benzene rings is 1. The van der Waals surface area contributed by atoms with Crippen LogP contribution in [-0.4, -0.2) is 29.0 Å². The van der Waals surface area contributed by atoms with Crippen LogP contribution in [-0.2, 0) is 4.84 Å². The molecule has 0 N–H and O–H groups in total. The molecular weight excluding hydrogens is 248 g/mol. The Kier molecular flexibility index (Phi) is 3.26. The first kappa shape index (κ1) is 11.8. The molecule has 17 heavy (non-hydrogen) atoms. The number of nitro groups is 1. The zero-order valence-corrected chi connectivity index (χ0v) is 9.51. The Morgan fingerprint density at radius 1 is 1.53 bits per heavy atom. The summed E-state index contributed by atoms with van der Waals surface area (Å²) in [5, 5.41) is 12.0. The molecule has 7 heteroatoms. The highest BCUT2D eigenvalue weighted by Gasteiger charge is 2.29. The lowest BCUT2D eigenvalue weighted by Crippen LogP contribution is -2.27. The minimum atomic E-state index is -0.630. The maximum atomic E-state index is 12.0. The number of hydroxylamine groups is 2. The number of nitrogens with zero attached hydrogens (tertiary/aromatic N) is 2. The predicted molar refractivity (Wildman–Crippen MR) is 59.7 cm³/mol. The molecule has 1 saturated heterocycles. The lowest BCUT2D eigenvalue weighted by Gasteiger charge is -2.14. The normalized spacial score (nSPS) is 15.0. The van der Waals surface area contributed by atoms with E-state index < -0.39 is 10.8 Å². The van der Waals surface area contributed by atoms with Crippen molar-refractivity contribution >= 4 is 23.2 Å². The molecular formula is C10H9ClN2O4. The second kappa shape index (κ2) is 4.68. The fourth-order valence-electron chi connectivity index (χ4n) is 1.61. The Morgan fingerprint density at radius 2 is 2.29 bits per heavy atom. The van der Waals surface area contributed by atoms with Gasteiger partial charge in [0, 0.05) is 6.07 Å². The number of hydrogen-bond donors (Lipinski definition) is 0. The summed E-state index contributed by atoms with van der Waals surface area (Å²) >= 11 is 5.84. The van der Waals surface area contributed by atoms with Crippen molar-refractivity contribution in [2.24, 2.45) is 0 Å². The molecule has 0 unspecified atom stereocenters. The van der Waals surface area contributed by atoms with Crippen molar-refractivity contribution in [1.82, 2.24) is 5.06 Å². The van der Waals surface area contributed by atoms with E-state index in [-0.39, 0.29) is 16.3 Å².